The standard InChI is InChI=1S/C40H26.C24H15Br.C22H23BO2.HI.H6P4/c1-2-12-31-26-32(25-22-27(31)10-1)28-20-23-30(24-21-28)39-35-15-5-7-17-37(35)40(38-18-8-6-16-36(38)39)34-19-9-13-29-11-3-4-14-33(29)34;25-24-21-13-5-3-11-19(21)23(20-12-4-6-14-22(20)24)18-15-7-9-16-8-1-2-10-17(16)18;1-21(2)22(3,4)25-23(24-21)20-13-11-17(12-14-20)19-10-9-16-7-5-6-8-18(16)15-19;;1-4(2)3/h1-26H;1-15H;5-15H,1-4H3;1H;1-3H2. The lowest BCUT2D eigenvalue weighted by Gasteiger charge is -2.32. The van der Waals surface area contributed by atoms with Crippen molar-refractivity contribution >= 4 is 172 Å². The Morgan fingerprint density at radius 3 is 0.947 bits per heavy atom. The molecule has 1 aliphatic heterocycles. The molecule has 0 aliphatic carbocycles. The molecular formula is C86H71BBrIO2P4. The number of rotatable bonds is 6. The van der Waals surface area contributed by atoms with Crippen LogP contribution in [0.5, 0.6) is 0 Å². The second-order valence-corrected chi connectivity index (χ2v) is 37.5. The van der Waals surface area contributed by atoms with E-state index in [1.165, 1.54) is 146 Å². The molecule has 464 valence electrons. The van der Waals surface area contributed by atoms with E-state index in [4.69, 9.17) is 9.31 Å². The van der Waals surface area contributed by atoms with Gasteiger partial charge in [0.15, 0.2) is 0 Å². The first-order chi connectivity index (χ1) is 45.8. The van der Waals surface area contributed by atoms with Gasteiger partial charge in [0.2, 0.25) is 0 Å². The van der Waals surface area contributed by atoms with Gasteiger partial charge >= 0.3 is 7.12 Å². The summed E-state index contributed by atoms with van der Waals surface area (Å²) in [5, 5.41) is 20.4. The van der Waals surface area contributed by atoms with Crippen molar-refractivity contribution in [1.82, 2.24) is 0 Å². The zero-order chi connectivity index (χ0) is 64.5. The molecule has 1 fully saturated rings. The summed E-state index contributed by atoms with van der Waals surface area (Å²) >= 11 is 3.84. The molecule has 0 bridgehead atoms. The largest absolute Gasteiger partial charge is 0.494 e. The van der Waals surface area contributed by atoms with Crippen molar-refractivity contribution in [3.8, 4) is 55.6 Å². The molecule has 1 heterocycles. The maximum absolute atomic E-state index is 6.13. The highest BCUT2D eigenvalue weighted by molar-refractivity contribution is 14.0. The Kier molecular flexibility index (Phi) is 20.0. The number of fused-ring (bicyclic) bond motifs is 8. The Balaban J connectivity index is 0.000000130. The minimum Gasteiger partial charge on any atom is -0.399 e. The van der Waals surface area contributed by atoms with Crippen molar-refractivity contribution in [2.45, 2.75) is 38.9 Å². The average molecular weight is 1480 g/mol. The third-order valence-corrected chi connectivity index (χ3v) is 19.5. The van der Waals surface area contributed by atoms with Gasteiger partial charge in [0.1, 0.15) is 0 Å². The SMILES string of the molecule is Brc1c2ccccc2c(-c2cccc3ccccc23)c2ccccc12.CC1(C)OB(c2ccc(-c3ccc4ccccc4c3)cc2)OC1(C)C.I.PP(P)P.c1ccc2cc(-c3ccc(-c4c5ccccc5c(-c5cccc6ccccc56)c5ccccc45)cc3)ccc2c1. The van der Waals surface area contributed by atoms with Crippen LogP contribution in [-0.2, 0) is 9.31 Å². The van der Waals surface area contributed by atoms with Gasteiger partial charge in [-0.3, -0.25) is 0 Å². The van der Waals surface area contributed by atoms with Gasteiger partial charge in [-0.15, -0.1) is 50.8 Å². The van der Waals surface area contributed by atoms with Crippen molar-refractivity contribution in [2.75, 3.05) is 0 Å². The summed E-state index contributed by atoms with van der Waals surface area (Å²) in [5.41, 5.74) is 13.0. The number of hydrogen-bond donors (Lipinski definition) is 0. The predicted octanol–water partition coefficient (Wildman–Crippen LogP) is 26.1. The fourth-order valence-electron chi connectivity index (χ4n) is 13.4. The highest BCUT2D eigenvalue weighted by atomic mass is 127. The molecule has 0 saturated carbocycles. The number of halogens is 2. The fourth-order valence-corrected chi connectivity index (χ4v) is 14.1. The lowest BCUT2D eigenvalue weighted by molar-refractivity contribution is 0.00578. The minimum atomic E-state index is -0.311. The van der Waals surface area contributed by atoms with E-state index in [9.17, 15) is 0 Å². The van der Waals surface area contributed by atoms with Crippen LogP contribution in [0, 0.1) is 0 Å². The molecule has 2 nitrogen and oxygen atoms in total. The van der Waals surface area contributed by atoms with E-state index >= 15 is 0 Å². The zero-order valence-corrected chi connectivity index (χ0v) is 61.7. The van der Waals surface area contributed by atoms with Crippen LogP contribution in [0.2, 0.25) is 0 Å². The van der Waals surface area contributed by atoms with Gasteiger partial charge < -0.3 is 9.31 Å². The summed E-state index contributed by atoms with van der Waals surface area (Å²) < 4.78 is 13.4. The second kappa shape index (κ2) is 28.7. The molecule has 9 heteroatoms. The smallest absolute Gasteiger partial charge is 0.399 e. The second-order valence-electron chi connectivity index (χ2n) is 25.0. The van der Waals surface area contributed by atoms with Crippen molar-refractivity contribution in [2.24, 2.45) is 0 Å². The molecule has 1 saturated heterocycles. The maximum atomic E-state index is 6.13. The maximum Gasteiger partial charge on any atom is 0.494 e. The van der Waals surface area contributed by atoms with E-state index in [2.05, 4.69) is 386 Å². The van der Waals surface area contributed by atoms with E-state index in [1.807, 2.05) is 0 Å². The highest BCUT2D eigenvalue weighted by Crippen LogP contribution is 2.60. The van der Waals surface area contributed by atoms with Gasteiger partial charge in [0.05, 0.1) is 11.2 Å². The van der Waals surface area contributed by atoms with E-state index in [0.29, 0.717) is 0 Å². The van der Waals surface area contributed by atoms with E-state index < -0.39 is 0 Å². The van der Waals surface area contributed by atoms with Gasteiger partial charge in [-0.25, -0.2) is 0 Å². The van der Waals surface area contributed by atoms with Crippen LogP contribution in [0.3, 0.4) is 0 Å². The fraction of sp³-hybridized carbons (Fsp3) is 0.0698. The molecular weight excluding hydrogens is 1410 g/mol. The first-order valence-corrected chi connectivity index (χ1v) is 38.8. The summed E-state index contributed by atoms with van der Waals surface area (Å²) in [4.78, 5) is 0. The van der Waals surface area contributed by atoms with Crippen LogP contribution in [0.1, 0.15) is 27.7 Å². The predicted molar refractivity (Wildman–Crippen MR) is 441 cm³/mol. The van der Waals surface area contributed by atoms with Crippen molar-refractivity contribution < 1.29 is 9.31 Å². The Labute approximate surface area is 591 Å². The normalized spacial score (nSPS) is 13.1. The molecule has 0 radical (unpaired) electrons. The van der Waals surface area contributed by atoms with Gasteiger partial charge in [-0.05, 0) is 210 Å². The monoisotopic (exact) mass is 1480 g/mol. The Morgan fingerprint density at radius 2 is 0.558 bits per heavy atom. The molecule has 3 atom stereocenters. The summed E-state index contributed by atoms with van der Waals surface area (Å²) in [5.74, 6) is 0. The molecule has 17 rings (SSSR count). The van der Waals surface area contributed by atoms with Crippen LogP contribution < -0.4 is 5.46 Å². The van der Waals surface area contributed by atoms with Gasteiger partial charge in [0, 0.05) is 4.47 Å². The molecule has 95 heavy (non-hydrogen) atoms. The topological polar surface area (TPSA) is 18.5 Å². The van der Waals surface area contributed by atoms with Crippen molar-refractivity contribution in [1.29, 1.82) is 0 Å². The first kappa shape index (κ1) is 66.1. The molecule has 3 unspecified atom stereocenters. The lowest BCUT2D eigenvalue weighted by atomic mass is 9.78. The van der Waals surface area contributed by atoms with Gasteiger partial charge in [-0.2, -0.15) is 0 Å². The van der Waals surface area contributed by atoms with Crippen LogP contribution in [0.4, 0.5) is 0 Å². The average Bonchev–Trinajstić information content (AvgIpc) is 1.33. The lowest BCUT2D eigenvalue weighted by Crippen LogP contribution is -2.41. The number of hydrogen-bond acceptors (Lipinski definition) is 2. The van der Waals surface area contributed by atoms with Crippen molar-refractivity contribution in [3.63, 3.8) is 0 Å². The third-order valence-electron chi connectivity index (χ3n) is 18.7. The van der Waals surface area contributed by atoms with Crippen LogP contribution in [0.15, 0.2) is 320 Å². The molecule has 0 N–H and O–H groups in total. The molecule has 1 aliphatic rings. The Bertz CT molecular complexity index is 5340. The van der Waals surface area contributed by atoms with E-state index in [1.54, 1.807) is 0 Å². The summed E-state index contributed by atoms with van der Waals surface area (Å²) in [6.07, 6.45) is 0. The molecule has 0 amide bonds. The molecule has 0 aromatic heterocycles. The summed E-state index contributed by atoms with van der Waals surface area (Å²) in [7, 11) is 7.63. The molecule has 16 aromatic rings. The Morgan fingerprint density at radius 1 is 0.284 bits per heavy atom. The Hall–Kier alpha value is -7.49. The zero-order valence-electron chi connectivity index (χ0n) is 53.4. The van der Waals surface area contributed by atoms with Crippen LogP contribution in [0.25, 0.3) is 142 Å². The van der Waals surface area contributed by atoms with Crippen molar-refractivity contribution in [3.05, 3.63) is 320 Å². The van der Waals surface area contributed by atoms with E-state index in [0.717, 1.165) is 5.46 Å². The molecule has 16 aromatic carbocycles. The third kappa shape index (κ3) is 13.6. The van der Waals surface area contributed by atoms with Gasteiger partial charge in [-0.1, -0.05) is 303 Å². The highest BCUT2D eigenvalue weighted by Gasteiger charge is 2.51. The minimum absolute atomic E-state index is 0. The van der Waals surface area contributed by atoms with Crippen LogP contribution in [-0.4, -0.2) is 18.3 Å². The summed E-state index contributed by atoms with van der Waals surface area (Å²) in [6.45, 7) is 8.45. The van der Waals surface area contributed by atoms with E-state index in [-0.39, 0.29) is 49.3 Å². The summed E-state index contributed by atoms with van der Waals surface area (Å²) in [6, 6.07) is 114. The van der Waals surface area contributed by atoms with Gasteiger partial charge in [0.25, 0.3) is 0 Å². The first-order valence-electron chi connectivity index (χ1n) is 31.9. The number of benzene rings is 16. The quantitative estimate of drug-likeness (QED) is 0.0715. The molecule has 0 spiro atoms. The van der Waals surface area contributed by atoms with Crippen LogP contribution >= 0.6 is 73.7 Å².